The molecule has 0 spiro atoms. The van der Waals surface area contributed by atoms with E-state index in [4.69, 9.17) is 0 Å². The highest BCUT2D eigenvalue weighted by atomic mass is 32.2. The number of likely N-dealkylation sites (tertiary alicyclic amines) is 1. The van der Waals surface area contributed by atoms with Gasteiger partial charge in [-0.1, -0.05) is 43.3 Å². The molecule has 220 valence electrons. The van der Waals surface area contributed by atoms with Crippen LogP contribution in [0, 0.1) is 5.92 Å². The number of aromatic hydroxyl groups is 2. The first-order valence-electron chi connectivity index (χ1n) is 15.7. The second-order valence-electron chi connectivity index (χ2n) is 12.8. The number of H-pyrrole nitrogens is 1. The Kier molecular flexibility index (Phi) is 7.49. The molecule has 3 heterocycles. The molecular weight excluding hydrogens is 538 g/mol. The van der Waals surface area contributed by atoms with Crippen LogP contribution in [-0.2, 0) is 19.3 Å². The van der Waals surface area contributed by atoms with Crippen molar-refractivity contribution < 1.29 is 10.2 Å². The fourth-order valence-electron chi connectivity index (χ4n) is 8.47. The van der Waals surface area contributed by atoms with Gasteiger partial charge in [-0.25, -0.2) is 0 Å². The lowest BCUT2D eigenvalue weighted by atomic mass is 9.72. The SMILES string of the molecule is CCCN1C[C@H](CSC)C[C@@H]2c3cccc4[nH]cc(c34)C[C@H]21.CN1CCc2cccc3c2[C@H]1Cc1ccc(O)c(O)c1-3. The second kappa shape index (κ2) is 11.3. The number of thioether (sulfide) groups is 1. The van der Waals surface area contributed by atoms with Crippen molar-refractivity contribution in [1.29, 1.82) is 0 Å². The van der Waals surface area contributed by atoms with Gasteiger partial charge in [-0.3, -0.25) is 9.80 Å². The summed E-state index contributed by atoms with van der Waals surface area (Å²) in [6, 6.07) is 17.8. The molecule has 8 rings (SSSR count). The Morgan fingerprint density at radius 2 is 1.86 bits per heavy atom. The number of hydrogen-bond donors (Lipinski definition) is 3. The van der Waals surface area contributed by atoms with Crippen molar-refractivity contribution in [2.75, 3.05) is 38.7 Å². The second-order valence-corrected chi connectivity index (χ2v) is 13.7. The summed E-state index contributed by atoms with van der Waals surface area (Å²) >= 11 is 2.01. The normalized spacial score (nSPS) is 24.4. The average molecular weight is 582 g/mol. The van der Waals surface area contributed by atoms with Gasteiger partial charge in [-0.05, 0) is 109 Å². The van der Waals surface area contributed by atoms with Crippen molar-refractivity contribution in [3.63, 3.8) is 0 Å². The van der Waals surface area contributed by atoms with Crippen molar-refractivity contribution in [3.8, 4) is 22.6 Å². The van der Waals surface area contributed by atoms with Gasteiger partial charge in [0.2, 0.25) is 0 Å². The standard InChI is InChI=1S/C19H26N2S.C17H17NO2/c1-3-7-21-11-13(12-22-2)8-16-15-5-4-6-17-19(15)14(10-20-17)9-18(16)21;1-18-8-7-10-3-2-4-12-15(10)13(18)9-11-5-6-14(19)17(20)16(11)12/h4-6,10,13,16,18,20H,3,7-9,11-12H2,1-2H3;2-6,13,19-20H,7-9H2,1H3/t13-,16-,18-;13-/m11/s1. The molecule has 6 heteroatoms. The van der Waals surface area contributed by atoms with Crippen LogP contribution in [0.25, 0.3) is 22.0 Å². The molecule has 3 aromatic carbocycles. The third-order valence-electron chi connectivity index (χ3n) is 10.3. The number of aromatic amines is 1. The van der Waals surface area contributed by atoms with Gasteiger partial charge in [0.15, 0.2) is 11.5 Å². The summed E-state index contributed by atoms with van der Waals surface area (Å²) in [4.78, 5) is 8.67. The highest BCUT2D eigenvalue weighted by Gasteiger charge is 2.40. The van der Waals surface area contributed by atoms with Crippen molar-refractivity contribution in [2.45, 2.75) is 57.0 Å². The van der Waals surface area contributed by atoms with E-state index in [-0.39, 0.29) is 11.5 Å². The van der Waals surface area contributed by atoms with Crippen molar-refractivity contribution in [1.82, 2.24) is 14.8 Å². The van der Waals surface area contributed by atoms with E-state index in [0.717, 1.165) is 47.9 Å². The molecular formula is C36H43N3O2S. The fourth-order valence-corrected chi connectivity index (χ4v) is 9.19. The molecule has 0 bridgehead atoms. The summed E-state index contributed by atoms with van der Waals surface area (Å²) in [6.45, 7) is 5.94. The quantitative estimate of drug-likeness (QED) is 0.224. The molecule has 4 aromatic rings. The van der Waals surface area contributed by atoms with Crippen molar-refractivity contribution in [3.05, 3.63) is 82.5 Å². The summed E-state index contributed by atoms with van der Waals surface area (Å²) in [6.07, 6.45) is 10.3. The number of hydrogen-bond acceptors (Lipinski definition) is 5. The van der Waals surface area contributed by atoms with Crippen LogP contribution in [0.1, 0.15) is 59.5 Å². The highest BCUT2D eigenvalue weighted by Crippen LogP contribution is 2.50. The highest BCUT2D eigenvalue weighted by molar-refractivity contribution is 7.98. The largest absolute Gasteiger partial charge is 0.504 e. The maximum atomic E-state index is 10.3. The minimum Gasteiger partial charge on any atom is -0.504 e. The number of aromatic nitrogens is 1. The van der Waals surface area contributed by atoms with Crippen LogP contribution in [0.15, 0.2) is 54.7 Å². The molecule has 4 aliphatic rings. The average Bonchev–Trinajstić information content (AvgIpc) is 3.42. The van der Waals surface area contributed by atoms with E-state index in [9.17, 15) is 10.2 Å². The minimum absolute atomic E-state index is 0.0163. The van der Waals surface area contributed by atoms with E-state index in [0.29, 0.717) is 12.1 Å². The zero-order valence-corrected chi connectivity index (χ0v) is 25.9. The number of likely N-dealkylation sites (N-methyl/N-ethyl adjacent to an activating group) is 1. The molecule has 2 aliphatic heterocycles. The molecule has 0 unspecified atom stereocenters. The van der Waals surface area contributed by atoms with Gasteiger partial charge < -0.3 is 15.2 Å². The summed E-state index contributed by atoms with van der Waals surface area (Å²) in [5, 5.41) is 21.6. The van der Waals surface area contributed by atoms with E-state index in [2.05, 4.69) is 77.6 Å². The molecule has 0 radical (unpaired) electrons. The number of nitrogens with zero attached hydrogens (tertiary/aromatic N) is 2. The van der Waals surface area contributed by atoms with E-state index in [1.807, 2.05) is 17.8 Å². The maximum absolute atomic E-state index is 10.3. The fraction of sp³-hybridized carbons (Fsp3) is 0.444. The molecule has 0 amide bonds. The smallest absolute Gasteiger partial charge is 0.165 e. The van der Waals surface area contributed by atoms with Crippen LogP contribution < -0.4 is 0 Å². The molecule has 5 nitrogen and oxygen atoms in total. The first-order valence-corrected chi connectivity index (χ1v) is 17.1. The summed E-state index contributed by atoms with van der Waals surface area (Å²) in [7, 11) is 2.16. The van der Waals surface area contributed by atoms with Crippen LogP contribution in [0.5, 0.6) is 11.5 Å². The van der Waals surface area contributed by atoms with Crippen molar-refractivity contribution in [2.24, 2.45) is 5.92 Å². The lowest BCUT2D eigenvalue weighted by Crippen LogP contribution is -2.50. The number of fused-ring (bicyclic) bond motifs is 4. The first-order chi connectivity index (χ1) is 20.5. The van der Waals surface area contributed by atoms with Gasteiger partial charge in [0.1, 0.15) is 0 Å². The molecule has 1 fully saturated rings. The minimum atomic E-state index is -0.0380. The van der Waals surface area contributed by atoms with E-state index >= 15 is 0 Å². The molecule has 4 atom stereocenters. The lowest BCUT2D eigenvalue weighted by molar-refractivity contribution is 0.0926. The summed E-state index contributed by atoms with van der Waals surface area (Å²) in [5.74, 6) is 2.86. The monoisotopic (exact) mass is 581 g/mol. The summed E-state index contributed by atoms with van der Waals surface area (Å²) in [5.41, 5.74) is 10.2. The Morgan fingerprint density at radius 1 is 1.00 bits per heavy atom. The Labute approximate surface area is 253 Å². The zero-order chi connectivity index (χ0) is 29.0. The van der Waals surface area contributed by atoms with Gasteiger partial charge in [0, 0.05) is 53.8 Å². The number of rotatable bonds is 4. The lowest BCUT2D eigenvalue weighted by Gasteiger charge is -2.47. The predicted octanol–water partition coefficient (Wildman–Crippen LogP) is 7.12. The van der Waals surface area contributed by atoms with Crippen LogP contribution in [-0.4, -0.2) is 69.7 Å². The number of phenolic OH excluding ortho intramolecular Hbond substituents is 2. The van der Waals surface area contributed by atoms with E-state index in [1.54, 1.807) is 11.6 Å². The third-order valence-corrected chi connectivity index (χ3v) is 11.1. The topological polar surface area (TPSA) is 62.7 Å². The number of piperidine rings is 1. The van der Waals surface area contributed by atoms with Gasteiger partial charge >= 0.3 is 0 Å². The molecule has 0 saturated carbocycles. The van der Waals surface area contributed by atoms with Gasteiger partial charge in [0.25, 0.3) is 0 Å². The Bertz CT molecular complexity index is 1610. The molecule has 3 N–H and O–H groups in total. The number of nitrogens with one attached hydrogen (secondary N) is 1. The van der Waals surface area contributed by atoms with Crippen LogP contribution in [0.4, 0.5) is 0 Å². The Balaban J connectivity index is 0.000000138. The Morgan fingerprint density at radius 3 is 2.69 bits per heavy atom. The predicted molar refractivity (Wildman–Crippen MR) is 175 cm³/mol. The molecule has 42 heavy (non-hydrogen) atoms. The van der Waals surface area contributed by atoms with Crippen LogP contribution in [0.3, 0.4) is 0 Å². The van der Waals surface area contributed by atoms with Gasteiger partial charge in [-0.15, -0.1) is 0 Å². The maximum Gasteiger partial charge on any atom is 0.165 e. The zero-order valence-electron chi connectivity index (χ0n) is 25.1. The number of benzene rings is 3. The van der Waals surface area contributed by atoms with Crippen molar-refractivity contribution >= 4 is 22.7 Å². The molecule has 2 aliphatic carbocycles. The van der Waals surface area contributed by atoms with Gasteiger partial charge in [-0.2, -0.15) is 11.8 Å². The number of phenols is 2. The Hall–Kier alpha value is -2.93. The van der Waals surface area contributed by atoms with Crippen LogP contribution in [0.2, 0.25) is 0 Å². The molecule has 1 aromatic heterocycles. The first kappa shape index (κ1) is 27.9. The van der Waals surface area contributed by atoms with E-state index < -0.39 is 0 Å². The van der Waals surface area contributed by atoms with Crippen LogP contribution >= 0.6 is 11.8 Å². The third kappa shape index (κ3) is 4.63. The summed E-state index contributed by atoms with van der Waals surface area (Å²) < 4.78 is 0. The van der Waals surface area contributed by atoms with Gasteiger partial charge in [0.05, 0.1) is 0 Å². The van der Waals surface area contributed by atoms with E-state index in [1.165, 1.54) is 65.7 Å². The molecule has 1 saturated heterocycles.